The summed E-state index contributed by atoms with van der Waals surface area (Å²) in [6.07, 6.45) is 2.21. The van der Waals surface area contributed by atoms with E-state index in [0.29, 0.717) is 6.04 Å². The van der Waals surface area contributed by atoms with Crippen LogP contribution in [-0.2, 0) is 12.8 Å². The average molecular weight is 302 g/mol. The maximum atomic E-state index is 3.63. The topological polar surface area (TPSA) is 12.0 Å². The Morgan fingerprint density at radius 3 is 2.67 bits per heavy atom. The van der Waals surface area contributed by atoms with E-state index in [4.69, 9.17) is 0 Å². The number of benzene rings is 2. The molecule has 2 heteroatoms. The molecule has 1 aliphatic rings. The maximum absolute atomic E-state index is 3.63. The summed E-state index contributed by atoms with van der Waals surface area (Å²) in [7, 11) is 0. The summed E-state index contributed by atoms with van der Waals surface area (Å²) in [5.74, 6) is 0. The lowest BCUT2D eigenvalue weighted by Crippen LogP contribution is -2.31. The van der Waals surface area contributed by atoms with Crippen molar-refractivity contribution in [2.75, 3.05) is 6.54 Å². The fraction of sp³-hybridized carbons (Fsp3) is 0.250. The molecule has 2 aromatic rings. The van der Waals surface area contributed by atoms with E-state index in [1.54, 1.807) is 0 Å². The van der Waals surface area contributed by atoms with Crippen molar-refractivity contribution in [3.8, 4) is 0 Å². The van der Waals surface area contributed by atoms with Gasteiger partial charge in [0.15, 0.2) is 0 Å². The lowest BCUT2D eigenvalue weighted by atomic mass is 9.90. The zero-order valence-corrected chi connectivity index (χ0v) is 11.8. The molecule has 0 saturated heterocycles. The molecule has 1 aliphatic heterocycles. The fourth-order valence-corrected chi connectivity index (χ4v) is 2.90. The smallest absolute Gasteiger partial charge is 0.0363 e. The van der Waals surface area contributed by atoms with Crippen LogP contribution in [0.5, 0.6) is 0 Å². The highest BCUT2D eigenvalue weighted by molar-refractivity contribution is 9.10. The van der Waals surface area contributed by atoms with Gasteiger partial charge in [0.2, 0.25) is 0 Å². The van der Waals surface area contributed by atoms with Gasteiger partial charge in [0.25, 0.3) is 0 Å². The highest BCUT2D eigenvalue weighted by Crippen LogP contribution is 2.26. The molecule has 1 nitrogen and oxygen atoms in total. The van der Waals surface area contributed by atoms with E-state index in [0.717, 1.165) is 23.9 Å². The molecule has 0 aromatic heterocycles. The summed E-state index contributed by atoms with van der Waals surface area (Å²) in [6, 6.07) is 17.9. The lowest BCUT2D eigenvalue weighted by molar-refractivity contribution is 0.502. The van der Waals surface area contributed by atoms with E-state index in [1.807, 2.05) is 0 Å². The Kier molecular flexibility index (Phi) is 3.48. The minimum Gasteiger partial charge on any atom is -0.309 e. The van der Waals surface area contributed by atoms with Crippen LogP contribution in [0.1, 0.15) is 22.7 Å². The Bertz CT molecular complexity index is 533. The van der Waals surface area contributed by atoms with Crippen molar-refractivity contribution in [1.82, 2.24) is 5.32 Å². The van der Waals surface area contributed by atoms with Crippen LogP contribution >= 0.6 is 15.9 Å². The second-order valence-electron chi connectivity index (χ2n) is 4.79. The van der Waals surface area contributed by atoms with E-state index in [9.17, 15) is 0 Å². The van der Waals surface area contributed by atoms with Gasteiger partial charge >= 0.3 is 0 Å². The molecule has 3 rings (SSSR count). The van der Waals surface area contributed by atoms with Crippen molar-refractivity contribution in [1.29, 1.82) is 0 Å². The number of nitrogens with one attached hydrogen (secondary N) is 1. The number of halogens is 1. The quantitative estimate of drug-likeness (QED) is 0.888. The fourth-order valence-electron chi connectivity index (χ4n) is 2.63. The van der Waals surface area contributed by atoms with Crippen LogP contribution in [0, 0.1) is 0 Å². The third-order valence-corrected chi connectivity index (χ3v) is 4.10. The second-order valence-corrected chi connectivity index (χ2v) is 5.70. The summed E-state index contributed by atoms with van der Waals surface area (Å²) in [6.45, 7) is 1.08. The first-order valence-corrected chi connectivity index (χ1v) is 7.18. The summed E-state index contributed by atoms with van der Waals surface area (Å²) in [5.41, 5.74) is 4.34. The van der Waals surface area contributed by atoms with Gasteiger partial charge in [-0.15, -0.1) is 0 Å². The maximum Gasteiger partial charge on any atom is 0.0363 e. The number of fused-ring (bicyclic) bond motifs is 1. The number of rotatable bonds is 2. The molecule has 0 aliphatic carbocycles. The zero-order valence-electron chi connectivity index (χ0n) is 10.2. The molecule has 0 radical (unpaired) electrons. The van der Waals surface area contributed by atoms with Crippen LogP contribution in [0.15, 0.2) is 53.0 Å². The van der Waals surface area contributed by atoms with E-state index < -0.39 is 0 Å². The van der Waals surface area contributed by atoms with Gasteiger partial charge < -0.3 is 5.32 Å². The van der Waals surface area contributed by atoms with Crippen molar-refractivity contribution in [3.05, 3.63) is 69.7 Å². The SMILES string of the molecule is Brc1ccc(CC2NCCc3ccccc32)cc1. The molecule has 1 atom stereocenters. The second kappa shape index (κ2) is 5.25. The molecule has 1 N–H and O–H groups in total. The molecule has 2 aromatic carbocycles. The summed E-state index contributed by atoms with van der Waals surface area (Å²) >= 11 is 3.48. The summed E-state index contributed by atoms with van der Waals surface area (Å²) in [5, 5.41) is 3.63. The number of hydrogen-bond donors (Lipinski definition) is 1. The van der Waals surface area contributed by atoms with Gasteiger partial charge in [0.1, 0.15) is 0 Å². The molecule has 0 spiro atoms. The van der Waals surface area contributed by atoms with E-state index >= 15 is 0 Å². The molecule has 92 valence electrons. The first-order chi connectivity index (χ1) is 8.83. The molecule has 0 bridgehead atoms. The van der Waals surface area contributed by atoms with Crippen LogP contribution in [0.2, 0.25) is 0 Å². The standard InChI is InChI=1S/C16H16BrN/c17-14-7-5-12(6-8-14)11-16-15-4-2-1-3-13(15)9-10-18-16/h1-8,16,18H,9-11H2. The highest BCUT2D eigenvalue weighted by atomic mass is 79.9. The molecular weight excluding hydrogens is 286 g/mol. The first-order valence-electron chi connectivity index (χ1n) is 6.38. The predicted octanol–water partition coefficient (Wildman–Crippen LogP) is 3.88. The number of hydrogen-bond acceptors (Lipinski definition) is 1. The molecule has 0 amide bonds. The lowest BCUT2D eigenvalue weighted by Gasteiger charge is -2.27. The average Bonchev–Trinajstić information content (AvgIpc) is 2.42. The highest BCUT2D eigenvalue weighted by Gasteiger charge is 2.18. The van der Waals surface area contributed by atoms with Crippen LogP contribution in [0.3, 0.4) is 0 Å². The van der Waals surface area contributed by atoms with Crippen molar-refractivity contribution in [2.24, 2.45) is 0 Å². The van der Waals surface area contributed by atoms with Crippen molar-refractivity contribution in [3.63, 3.8) is 0 Å². The van der Waals surface area contributed by atoms with Crippen LogP contribution < -0.4 is 5.32 Å². The third kappa shape index (κ3) is 2.50. The van der Waals surface area contributed by atoms with Gasteiger partial charge in [0, 0.05) is 10.5 Å². The summed E-state index contributed by atoms with van der Waals surface area (Å²) in [4.78, 5) is 0. The van der Waals surface area contributed by atoms with E-state index in [2.05, 4.69) is 69.8 Å². The normalized spacial score (nSPS) is 18.4. The Balaban J connectivity index is 1.84. The minimum absolute atomic E-state index is 0.455. The van der Waals surface area contributed by atoms with Gasteiger partial charge in [-0.3, -0.25) is 0 Å². The van der Waals surface area contributed by atoms with E-state index in [1.165, 1.54) is 16.7 Å². The molecule has 0 fully saturated rings. The van der Waals surface area contributed by atoms with Crippen LogP contribution in [0.4, 0.5) is 0 Å². The first kappa shape index (κ1) is 11.9. The Morgan fingerprint density at radius 1 is 1.06 bits per heavy atom. The van der Waals surface area contributed by atoms with Crippen molar-refractivity contribution >= 4 is 15.9 Å². The largest absolute Gasteiger partial charge is 0.309 e. The third-order valence-electron chi connectivity index (χ3n) is 3.57. The molecule has 1 heterocycles. The monoisotopic (exact) mass is 301 g/mol. The van der Waals surface area contributed by atoms with Crippen molar-refractivity contribution < 1.29 is 0 Å². The Labute approximate surface area is 116 Å². The van der Waals surface area contributed by atoms with Gasteiger partial charge in [-0.05, 0) is 48.2 Å². The van der Waals surface area contributed by atoms with Crippen LogP contribution in [-0.4, -0.2) is 6.54 Å². The van der Waals surface area contributed by atoms with Gasteiger partial charge in [-0.25, -0.2) is 0 Å². The van der Waals surface area contributed by atoms with Crippen molar-refractivity contribution in [2.45, 2.75) is 18.9 Å². The molecule has 1 unspecified atom stereocenters. The molecule has 18 heavy (non-hydrogen) atoms. The van der Waals surface area contributed by atoms with Gasteiger partial charge in [-0.2, -0.15) is 0 Å². The Morgan fingerprint density at radius 2 is 1.83 bits per heavy atom. The summed E-state index contributed by atoms with van der Waals surface area (Å²) < 4.78 is 1.14. The minimum atomic E-state index is 0.455. The predicted molar refractivity (Wildman–Crippen MR) is 78.7 cm³/mol. The van der Waals surface area contributed by atoms with Crippen LogP contribution in [0.25, 0.3) is 0 Å². The zero-order chi connectivity index (χ0) is 12.4. The van der Waals surface area contributed by atoms with Gasteiger partial charge in [0.05, 0.1) is 0 Å². The molecule has 0 saturated carbocycles. The Hall–Kier alpha value is -1.12. The van der Waals surface area contributed by atoms with Gasteiger partial charge in [-0.1, -0.05) is 52.3 Å². The van der Waals surface area contributed by atoms with E-state index in [-0.39, 0.29) is 0 Å². The molecular formula is C16H16BrN.